The molecule has 0 saturated carbocycles. The first-order valence-corrected chi connectivity index (χ1v) is 10.1. The van der Waals surface area contributed by atoms with E-state index in [1.54, 1.807) is 26.1 Å². The van der Waals surface area contributed by atoms with Gasteiger partial charge in [-0.1, -0.05) is 6.92 Å². The number of nitrogens with one attached hydrogen (secondary N) is 2. The molecule has 2 aliphatic heterocycles. The Kier molecular flexibility index (Phi) is 11.6. The van der Waals surface area contributed by atoms with Crippen molar-refractivity contribution in [3.05, 3.63) is 0 Å². The topological polar surface area (TPSA) is 78.4 Å². The number of nitrogens with zero attached hydrogens (tertiary/aromatic N) is 3. The van der Waals surface area contributed by atoms with Crippen LogP contribution in [0.25, 0.3) is 0 Å². The molecule has 1 atom stereocenters. The quantitative estimate of drug-likeness (QED) is 0.287. The average Bonchev–Trinajstić information content (AvgIpc) is 3.15. The van der Waals surface area contributed by atoms with Gasteiger partial charge < -0.3 is 25.0 Å². The van der Waals surface area contributed by atoms with Crippen molar-refractivity contribution in [2.24, 2.45) is 4.99 Å². The second kappa shape index (κ2) is 12.8. The molecule has 2 aliphatic rings. The monoisotopic (exact) mass is 511 g/mol. The van der Waals surface area contributed by atoms with Gasteiger partial charge in [-0.25, -0.2) is 4.99 Å². The summed E-state index contributed by atoms with van der Waals surface area (Å²) in [6, 6.07) is 0.519. The van der Waals surface area contributed by atoms with E-state index in [4.69, 9.17) is 9.47 Å². The Morgan fingerprint density at radius 1 is 1.32 bits per heavy atom. The lowest BCUT2D eigenvalue weighted by atomic mass is 9.94. The van der Waals surface area contributed by atoms with Crippen LogP contribution < -0.4 is 10.6 Å². The standard InChI is InChI=1S/C19H37N5O3.HI/c1-5-24-10-6-7-16(24)13-20-18(21-14-17(25)23(2)3)22-15-19(26-4)8-11-27-12-9-19;/h16H,5-15H2,1-4H3,(H2,20,21,22);1H. The largest absolute Gasteiger partial charge is 0.381 e. The van der Waals surface area contributed by atoms with Gasteiger partial charge in [-0.05, 0) is 25.9 Å². The van der Waals surface area contributed by atoms with Crippen LogP contribution in [0.5, 0.6) is 0 Å². The molecule has 0 radical (unpaired) electrons. The number of amides is 1. The number of carbonyl (C=O) groups is 1. The third-order valence-electron chi connectivity index (χ3n) is 5.70. The predicted octanol–water partition coefficient (Wildman–Crippen LogP) is 0.908. The number of guanidine groups is 1. The Bertz CT molecular complexity index is 498. The number of ether oxygens (including phenoxy) is 2. The summed E-state index contributed by atoms with van der Waals surface area (Å²) >= 11 is 0. The molecule has 0 aromatic rings. The Morgan fingerprint density at radius 3 is 2.64 bits per heavy atom. The molecule has 0 aromatic heterocycles. The summed E-state index contributed by atoms with van der Waals surface area (Å²) in [6.45, 7) is 7.47. The molecule has 2 fully saturated rings. The summed E-state index contributed by atoms with van der Waals surface area (Å²) in [5.41, 5.74) is -0.241. The number of likely N-dealkylation sites (tertiary alicyclic amines) is 1. The molecule has 0 spiro atoms. The van der Waals surface area contributed by atoms with Crippen molar-refractivity contribution < 1.29 is 14.3 Å². The van der Waals surface area contributed by atoms with Gasteiger partial charge in [0.1, 0.15) is 6.54 Å². The maximum Gasteiger partial charge on any atom is 0.243 e. The van der Waals surface area contributed by atoms with E-state index in [0.29, 0.717) is 31.8 Å². The number of carbonyl (C=O) groups excluding carboxylic acids is 1. The molecule has 0 aromatic carbocycles. The van der Waals surface area contributed by atoms with E-state index in [1.165, 1.54) is 12.8 Å². The third kappa shape index (κ3) is 7.64. The average molecular weight is 511 g/mol. The summed E-state index contributed by atoms with van der Waals surface area (Å²) in [4.78, 5) is 20.5. The highest BCUT2D eigenvalue weighted by Crippen LogP contribution is 2.23. The van der Waals surface area contributed by atoms with Gasteiger partial charge in [0.15, 0.2) is 5.96 Å². The molecule has 1 unspecified atom stereocenters. The zero-order chi connectivity index (χ0) is 19.7. The van der Waals surface area contributed by atoms with Crippen LogP contribution in [0.1, 0.15) is 32.6 Å². The molecular formula is C19H38IN5O3. The number of halogens is 1. The van der Waals surface area contributed by atoms with Crippen molar-refractivity contribution in [1.29, 1.82) is 0 Å². The molecule has 164 valence electrons. The van der Waals surface area contributed by atoms with Crippen LogP contribution in [-0.4, -0.2) is 100 Å². The zero-order valence-electron chi connectivity index (χ0n) is 17.8. The van der Waals surface area contributed by atoms with Crippen LogP contribution in [0.3, 0.4) is 0 Å². The minimum atomic E-state index is -0.241. The van der Waals surface area contributed by atoms with Gasteiger partial charge in [0.25, 0.3) is 0 Å². The molecule has 2 N–H and O–H groups in total. The van der Waals surface area contributed by atoms with E-state index < -0.39 is 0 Å². The van der Waals surface area contributed by atoms with E-state index in [0.717, 1.165) is 32.5 Å². The Hall–Kier alpha value is -0.650. The molecule has 1 amide bonds. The number of rotatable bonds is 8. The molecular weight excluding hydrogens is 473 g/mol. The van der Waals surface area contributed by atoms with Crippen molar-refractivity contribution in [2.75, 3.05) is 67.1 Å². The number of hydrogen-bond acceptors (Lipinski definition) is 5. The van der Waals surface area contributed by atoms with Gasteiger partial charge >= 0.3 is 0 Å². The summed E-state index contributed by atoms with van der Waals surface area (Å²) in [5.74, 6) is 0.663. The van der Waals surface area contributed by atoms with Crippen molar-refractivity contribution >= 4 is 35.8 Å². The number of aliphatic imine (C=N–C) groups is 1. The predicted molar refractivity (Wildman–Crippen MR) is 122 cm³/mol. The summed E-state index contributed by atoms with van der Waals surface area (Å²) < 4.78 is 11.3. The Balaban J connectivity index is 0.00000392. The first-order chi connectivity index (χ1) is 13.0. The second-order valence-corrected chi connectivity index (χ2v) is 7.61. The van der Waals surface area contributed by atoms with Crippen molar-refractivity contribution in [2.45, 2.75) is 44.2 Å². The SMILES string of the molecule is CCN1CCCC1CNC(=NCC(=O)N(C)C)NCC1(OC)CCOCC1.I. The highest BCUT2D eigenvalue weighted by Gasteiger charge is 2.32. The fourth-order valence-electron chi connectivity index (χ4n) is 3.66. The molecule has 0 aliphatic carbocycles. The molecule has 2 saturated heterocycles. The van der Waals surface area contributed by atoms with Crippen molar-refractivity contribution in [1.82, 2.24) is 20.4 Å². The van der Waals surface area contributed by atoms with Gasteiger partial charge in [0.2, 0.25) is 5.91 Å². The maximum atomic E-state index is 11.9. The summed E-state index contributed by atoms with van der Waals surface area (Å²) in [5, 5.41) is 6.84. The fourth-order valence-corrected chi connectivity index (χ4v) is 3.66. The van der Waals surface area contributed by atoms with Gasteiger partial charge in [-0.15, -0.1) is 24.0 Å². The number of likely N-dealkylation sites (N-methyl/N-ethyl adjacent to an activating group) is 2. The van der Waals surface area contributed by atoms with E-state index >= 15 is 0 Å². The normalized spacial score (nSPS) is 22.4. The molecule has 8 nitrogen and oxygen atoms in total. The highest BCUT2D eigenvalue weighted by molar-refractivity contribution is 14.0. The van der Waals surface area contributed by atoms with E-state index in [-0.39, 0.29) is 42.0 Å². The van der Waals surface area contributed by atoms with Crippen molar-refractivity contribution in [3.63, 3.8) is 0 Å². The molecule has 0 bridgehead atoms. The molecule has 9 heteroatoms. The molecule has 2 rings (SSSR count). The lowest BCUT2D eigenvalue weighted by Gasteiger charge is -2.36. The zero-order valence-corrected chi connectivity index (χ0v) is 20.2. The fraction of sp³-hybridized carbons (Fsp3) is 0.895. The van der Waals surface area contributed by atoms with Gasteiger partial charge in [0.05, 0.1) is 5.60 Å². The van der Waals surface area contributed by atoms with Gasteiger partial charge in [-0.2, -0.15) is 0 Å². The Labute approximate surface area is 186 Å². The first kappa shape index (κ1) is 25.4. The third-order valence-corrected chi connectivity index (χ3v) is 5.70. The van der Waals surface area contributed by atoms with Crippen LogP contribution in [0.4, 0.5) is 0 Å². The van der Waals surface area contributed by atoms with E-state index in [2.05, 4.69) is 27.4 Å². The number of hydrogen-bond donors (Lipinski definition) is 2. The van der Waals surface area contributed by atoms with E-state index in [1.807, 2.05) is 0 Å². The van der Waals surface area contributed by atoms with E-state index in [9.17, 15) is 4.79 Å². The highest BCUT2D eigenvalue weighted by atomic mass is 127. The minimum absolute atomic E-state index is 0. The number of methoxy groups -OCH3 is 1. The first-order valence-electron chi connectivity index (χ1n) is 10.1. The van der Waals surface area contributed by atoms with Gasteiger partial charge in [-0.3, -0.25) is 9.69 Å². The lowest BCUT2D eigenvalue weighted by Crippen LogP contribution is -2.52. The second-order valence-electron chi connectivity index (χ2n) is 7.61. The minimum Gasteiger partial charge on any atom is -0.381 e. The summed E-state index contributed by atoms with van der Waals surface area (Å²) in [7, 11) is 5.25. The Morgan fingerprint density at radius 2 is 2.04 bits per heavy atom. The smallest absolute Gasteiger partial charge is 0.243 e. The maximum absolute atomic E-state index is 11.9. The van der Waals surface area contributed by atoms with Crippen LogP contribution in [0, 0.1) is 0 Å². The van der Waals surface area contributed by atoms with Crippen LogP contribution in [0.15, 0.2) is 4.99 Å². The van der Waals surface area contributed by atoms with Crippen molar-refractivity contribution in [3.8, 4) is 0 Å². The summed E-state index contributed by atoms with van der Waals surface area (Å²) in [6.07, 6.45) is 4.15. The van der Waals surface area contributed by atoms with Crippen LogP contribution in [-0.2, 0) is 14.3 Å². The molecule has 28 heavy (non-hydrogen) atoms. The van der Waals surface area contributed by atoms with Gasteiger partial charge in [0, 0.05) is 66.4 Å². The lowest BCUT2D eigenvalue weighted by molar-refractivity contribution is -0.127. The molecule has 2 heterocycles. The van der Waals surface area contributed by atoms with Crippen LogP contribution in [0.2, 0.25) is 0 Å². The van der Waals surface area contributed by atoms with Crippen LogP contribution >= 0.6 is 24.0 Å².